The first-order chi connectivity index (χ1) is 33.9. The molecule has 14 nitrogen and oxygen atoms in total. The van der Waals surface area contributed by atoms with Crippen molar-refractivity contribution in [3.8, 4) is 0 Å². The van der Waals surface area contributed by atoms with Crippen LogP contribution in [0.15, 0.2) is 182 Å². The molecule has 0 bridgehead atoms. The smallest absolute Gasteiger partial charge is 0.344 e. The summed E-state index contributed by atoms with van der Waals surface area (Å²) >= 11 is 0. The lowest BCUT2D eigenvalue weighted by Crippen LogP contribution is -2.70. The summed E-state index contributed by atoms with van der Waals surface area (Å²) in [5, 5.41) is 0. The van der Waals surface area contributed by atoms with Gasteiger partial charge in [-0.3, -0.25) is 9.59 Å². The van der Waals surface area contributed by atoms with E-state index in [1.807, 2.05) is 72.8 Å². The minimum atomic E-state index is -1.87. The van der Waals surface area contributed by atoms with Crippen LogP contribution in [0.2, 0.25) is 0 Å². The van der Waals surface area contributed by atoms with Crippen molar-refractivity contribution in [3.05, 3.63) is 204 Å². The molecule has 4 saturated heterocycles. The van der Waals surface area contributed by atoms with Crippen LogP contribution >= 0.6 is 0 Å². The van der Waals surface area contributed by atoms with Crippen molar-refractivity contribution in [3.63, 3.8) is 0 Å². The number of benzene rings is 6. The molecule has 4 heterocycles. The molecule has 4 aliphatic rings. The Morgan fingerprint density at radius 3 is 0.900 bits per heavy atom. The Morgan fingerprint density at radius 2 is 0.643 bits per heavy atom. The largest absolute Gasteiger partial charge is 0.467 e. The predicted octanol–water partition coefficient (Wildman–Crippen LogP) is 7.15. The third-order valence-electron chi connectivity index (χ3n) is 14.2. The van der Waals surface area contributed by atoms with Gasteiger partial charge in [-0.15, -0.1) is 0 Å². The SMILES string of the molecule is COC(=O)[C@@]1(c2ccccc2)C[C@@]2(CN(c3ccccc3)C2=O)[C@](C(=O)OC)(c2ccccc2)O1.COC(=O)[C@]1(c2ccccc2)C[C@]2(CN(c3ccccc3)C2=O)[C@@](C(=O)OC)(c2ccccc2)O1. The number of carbonyl (C=O) groups excluding carboxylic acids is 6. The number of β-lactam (4-membered cyclic amide) rings is 2. The van der Waals surface area contributed by atoms with Crippen LogP contribution in [0.5, 0.6) is 0 Å². The van der Waals surface area contributed by atoms with Crippen molar-refractivity contribution < 1.29 is 57.2 Å². The second-order valence-corrected chi connectivity index (χ2v) is 17.6. The average Bonchev–Trinajstić information content (AvgIpc) is 3.97. The summed E-state index contributed by atoms with van der Waals surface area (Å²) in [5.74, 6) is -3.50. The van der Waals surface area contributed by atoms with Crippen LogP contribution in [-0.2, 0) is 79.6 Å². The zero-order valence-electron chi connectivity index (χ0n) is 38.9. The number of hydrogen-bond donors (Lipinski definition) is 0. The molecule has 6 aromatic carbocycles. The Kier molecular flexibility index (Phi) is 12.2. The molecule has 2 amide bonds. The number of nitrogens with zero attached hydrogens (tertiary/aromatic N) is 2. The van der Waals surface area contributed by atoms with E-state index in [-0.39, 0.29) is 37.7 Å². The van der Waals surface area contributed by atoms with Gasteiger partial charge in [0, 0.05) is 37.3 Å². The van der Waals surface area contributed by atoms with Gasteiger partial charge in [0.15, 0.2) is 11.2 Å². The van der Waals surface area contributed by atoms with Gasteiger partial charge in [-0.05, 0) is 46.5 Å². The molecule has 2 spiro atoms. The molecule has 0 radical (unpaired) electrons. The first-order valence-corrected chi connectivity index (χ1v) is 22.6. The number of methoxy groups -OCH3 is 4. The van der Waals surface area contributed by atoms with Crippen molar-refractivity contribution >= 4 is 47.1 Å². The molecule has 6 aromatic rings. The first kappa shape index (κ1) is 47.1. The minimum absolute atomic E-state index is 0.0805. The van der Waals surface area contributed by atoms with Crippen LogP contribution in [0.3, 0.4) is 0 Å². The zero-order valence-corrected chi connectivity index (χ0v) is 38.9. The minimum Gasteiger partial charge on any atom is -0.467 e. The molecule has 10 rings (SSSR count). The monoisotopic (exact) mass is 942 g/mol. The van der Waals surface area contributed by atoms with Gasteiger partial charge in [0.1, 0.15) is 10.8 Å². The van der Waals surface area contributed by atoms with Gasteiger partial charge in [0.25, 0.3) is 0 Å². The molecule has 0 aromatic heterocycles. The normalized spacial score (nSPS) is 27.4. The quantitative estimate of drug-likeness (QED) is 0.0775. The Hall–Kier alpha value is -7.94. The lowest BCUT2D eigenvalue weighted by molar-refractivity contribution is -0.205. The number of ether oxygens (including phenoxy) is 6. The van der Waals surface area contributed by atoms with Crippen LogP contribution in [0.25, 0.3) is 0 Å². The summed E-state index contributed by atoms with van der Waals surface area (Å²) in [4.78, 5) is 85.7. The van der Waals surface area contributed by atoms with E-state index in [0.717, 1.165) is 0 Å². The van der Waals surface area contributed by atoms with Gasteiger partial charge >= 0.3 is 23.9 Å². The molecule has 0 saturated carbocycles. The van der Waals surface area contributed by atoms with Crippen molar-refractivity contribution in [2.75, 3.05) is 51.3 Å². The van der Waals surface area contributed by atoms with Gasteiger partial charge in [-0.2, -0.15) is 0 Å². The highest BCUT2D eigenvalue weighted by Crippen LogP contribution is 2.67. The summed E-state index contributed by atoms with van der Waals surface area (Å²) in [6.45, 7) is 0.316. The van der Waals surface area contributed by atoms with Gasteiger partial charge in [-0.1, -0.05) is 158 Å². The molecule has 70 heavy (non-hydrogen) atoms. The first-order valence-electron chi connectivity index (χ1n) is 22.6. The highest BCUT2D eigenvalue weighted by molar-refractivity contribution is 6.11. The van der Waals surface area contributed by atoms with Gasteiger partial charge in [0.2, 0.25) is 23.0 Å². The second-order valence-electron chi connectivity index (χ2n) is 17.6. The lowest BCUT2D eigenvalue weighted by Gasteiger charge is -2.52. The number of rotatable bonds is 10. The fourth-order valence-corrected chi connectivity index (χ4v) is 11.0. The maximum absolute atomic E-state index is 14.1. The molecule has 14 heteroatoms. The van der Waals surface area contributed by atoms with E-state index in [9.17, 15) is 28.8 Å². The Bertz CT molecular complexity index is 2730. The molecule has 6 atom stereocenters. The zero-order chi connectivity index (χ0) is 49.4. The van der Waals surface area contributed by atoms with E-state index in [2.05, 4.69) is 0 Å². The number of hydrogen-bond acceptors (Lipinski definition) is 12. The summed E-state index contributed by atoms with van der Waals surface area (Å²) in [6.07, 6.45) is -0.161. The van der Waals surface area contributed by atoms with Crippen LogP contribution < -0.4 is 9.80 Å². The van der Waals surface area contributed by atoms with Gasteiger partial charge in [-0.25, -0.2) is 19.2 Å². The lowest BCUT2D eigenvalue weighted by atomic mass is 9.60. The summed E-state index contributed by atoms with van der Waals surface area (Å²) in [6, 6.07) is 53.6. The van der Waals surface area contributed by atoms with Crippen LogP contribution in [0.4, 0.5) is 11.4 Å². The highest BCUT2D eigenvalue weighted by Gasteiger charge is 2.81. The molecular weight excluding hydrogens is 893 g/mol. The predicted molar refractivity (Wildman–Crippen MR) is 254 cm³/mol. The fourth-order valence-electron chi connectivity index (χ4n) is 11.0. The van der Waals surface area contributed by atoms with Crippen molar-refractivity contribution in [2.24, 2.45) is 10.8 Å². The molecule has 0 aliphatic carbocycles. The molecule has 0 unspecified atom stereocenters. The number of amides is 2. The standard InChI is InChI=1S/2C28H25NO6/c2*1-33-24(31)27(20-12-6-3-7-13-20)18-26(19-29(23(26)30)22-16-10-5-11-17-22)28(35-27,25(32)34-2)21-14-8-4-9-15-21/h2*3-17H,18-19H2,1-2H3/t2*26-,27-,28+/m10/s1. The average molecular weight is 943 g/mol. The number of esters is 4. The second kappa shape index (κ2) is 18.2. The van der Waals surface area contributed by atoms with Gasteiger partial charge in [0.05, 0.1) is 28.4 Å². The number of carbonyl (C=O) groups is 6. The third kappa shape index (κ3) is 6.76. The fraction of sp³-hybridized carbons (Fsp3) is 0.250. The molecular formula is C56H50N2O12. The van der Waals surface area contributed by atoms with Crippen LogP contribution in [0.1, 0.15) is 35.1 Å². The van der Waals surface area contributed by atoms with E-state index < -0.39 is 57.1 Å². The summed E-state index contributed by atoms with van der Waals surface area (Å²) in [7, 11) is 5.04. The van der Waals surface area contributed by atoms with Crippen LogP contribution in [0, 0.1) is 10.8 Å². The van der Waals surface area contributed by atoms with E-state index in [4.69, 9.17) is 28.4 Å². The van der Waals surface area contributed by atoms with Crippen LogP contribution in [-0.4, -0.2) is 77.2 Å². The van der Waals surface area contributed by atoms with E-state index in [1.54, 1.807) is 119 Å². The molecule has 4 fully saturated rings. The highest BCUT2D eigenvalue weighted by atomic mass is 16.6. The Balaban J connectivity index is 0.000000174. The maximum atomic E-state index is 14.1. The number of para-hydroxylation sites is 2. The van der Waals surface area contributed by atoms with E-state index in [0.29, 0.717) is 33.6 Å². The van der Waals surface area contributed by atoms with Crippen molar-refractivity contribution in [1.29, 1.82) is 0 Å². The van der Waals surface area contributed by atoms with Crippen molar-refractivity contribution in [2.45, 2.75) is 35.2 Å². The maximum Gasteiger partial charge on any atom is 0.344 e. The van der Waals surface area contributed by atoms with E-state index in [1.165, 1.54) is 28.4 Å². The Labute approximate surface area is 404 Å². The van der Waals surface area contributed by atoms with Gasteiger partial charge < -0.3 is 38.2 Å². The third-order valence-corrected chi connectivity index (χ3v) is 14.2. The Morgan fingerprint density at radius 1 is 0.386 bits per heavy atom. The molecule has 356 valence electrons. The van der Waals surface area contributed by atoms with E-state index >= 15 is 0 Å². The number of anilines is 2. The summed E-state index contributed by atoms with van der Waals surface area (Å²) in [5.41, 5.74) is -6.65. The van der Waals surface area contributed by atoms with Crippen molar-refractivity contribution in [1.82, 2.24) is 0 Å². The molecule has 4 aliphatic heterocycles. The topological polar surface area (TPSA) is 164 Å². The molecule has 0 N–H and O–H groups in total. The summed E-state index contributed by atoms with van der Waals surface area (Å²) < 4.78 is 34.2.